The van der Waals surface area contributed by atoms with Crippen molar-refractivity contribution >= 4 is 29.1 Å². The maximum atomic E-state index is 12.7. The molecule has 0 fully saturated rings. The second-order valence-electron chi connectivity index (χ2n) is 3.48. The second-order valence-corrected chi connectivity index (χ2v) is 3.92. The number of nitrogens with zero attached hydrogens (tertiary/aromatic N) is 1. The Morgan fingerprint density at radius 3 is 2.50 bits per heavy atom. The van der Waals surface area contributed by atoms with Gasteiger partial charge < -0.3 is 10.6 Å². The highest BCUT2D eigenvalue weighted by Gasteiger charge is 2.34. The van der Waals surface area contributed by atoms with Gasteiger partial charge in [-0.1, -0.05) is 11.6 Å². The molecule has 0 radical (unpaired) electrons. The van der Waals surface area contributed by atoms with E-state index in [-0.39, 0.29) is 5.02 Å². The van der Waals surface area contributed by atoms with Crippen LogP contribution in [0.25, 0.3) is 0 Å². The molecule has 0 aliphatic rings. The molecule has 1 aromatic rings. The lowest BCUT2D eigenvalue weighted by Gasteiger charge is -2.13. The average Bonchev–Trinajstić information content (AvgIpc) is 2.36. The molecule has 2 N–H and O–H groups in total. The fraction of sp³-hybridized carbons (Fsp3) is 0.182. The molecule has 5 nitrogen and oxygen atoms in total. The van der Waals surface area contributed by atoms with Crippen molar-refractivity contribution < 1.29 is 22.8 Å². The molecular formula is C11H7ClF3N3O2. The van der Waals surface area contributed by atoms with E-state index >= 15 is 0 Å². The number of amides is 2. The van der Waals surface area contributed by atoms with Crippen LogP contribution in [0.3, 0.4) is 0 Å². The summed E-state index contributed by atoms with van der Waals surface area (Å²) in [5.74, 6) is -2.53. The van der Waals surface area contributed by atoms with E-state index in [1.54, 1.807) is 6.07 Å². The lowest BCUT2D eigenvalue weighted by Crippen LogP contribution is -2.36. The van der Waals surface area contributed by atoms with E-state index in [0.29, 0.717) is 6.07 Å². The summed E-state index contributed by atoms with van der Waals surface area (Å²) < 4.78 is 38.2. The highest BCUT2D eigenvalue weighted by atomic mass is 35.5. The van der Waals surface area contributed by atoms with Gasteiger partial charge in [-0.25, -0.2) is 0 Å². The second kappa shape index (κ2) is 6.25. The van der Waals surface area contributed by atoms with Crippen LogP contribution in [0, 0.1) is 11.3 Å². The van der Waals surface area contributed by atoms with Crippen molar-refractivity contribution in [2.45, 2.75) is 6.18 Å². The number of nitriles is 1. The first-order valence-electron chi connectivity index (χ1n) is 5.08. The van der Waals surface area contributed by atoms with Gasteiger partial charge in [0.1, 0.15) is 6.54 Å². The zero-order valence-corrected chi connectivity index (χ0v) is 10.5. The quantitative estimate of drug-likeness (QED) is 0.647. The first-order valence-corrected chi connectivity index (χ1v) is 5.46. The predicted molar refractivity (Wildman–Crippen MR) is 63.7 cm³/mol. The van der Waals surface area contributed by atoms with Gasteiger partial charge in [0.05, 0.1) is 17.3 Å². The molecule has 0 spiro atoms. The summed E-state index contributed by atoms with van der Waals surface area (Å²) >= 11 is 5.46. The highest BCUT2D eigenvalue weighted by Crippen LogP contribution is 2.36. The number of rotatable bonds is 2. The van der Waals surface area contributed by atoms with Gasteiger partial charge in [0.15, 0.2) is 0 Å². The van der Waals surface area contributed by atoms with Gasteiger partial charge in [0, 0.05) is 5.02 Å². The summed E-state index contributed by atoms with van der Waals surface area (Å²) in [5.41, 5.74) is -1.77. The fourth-order valence-electron chi connectivity index (χ4n) is 1.24. The number of benzene rings is 1. The molecular weight excluding hydrogens is 299 g/mol. The summed E-state index contributed by atoms with van der Waals surface area (Å²) in [5, 5.41) is 11.8. The molecule has 9 heteroatoms. The average molecular weight is 306 g/mol. The first kappa shape index (κ1) is 15.8. The normalized spacial score (nSPS) is 10.6. The number of alkyl halides is 3. The lowest BCUT2D eigenvalue weighted by atomic mass is 10.1. The molecule has 0 heterocycles. The fourth-order valence-corrected chi connectivity index (χ4v) is 1.41. The third-order valence-corrected chi connectivity index (χ3v) is 2.30. The van der Waals surface area contributed by atoms with Gasteiger partial charge in [-0.2, -0.15) is 18.4 Å². The minimum Gasteiger partial charge on any atom is -0.335 e. The van der Waals surface area contributed by atoms with E-state index in [1.165, 1.54) is 0 Å². The zero-order chi connectivity index (χ0) is 15.3. The standard InChI is InChI=1S/C11H7ClF3N3O2/c12-6-1-2-8(7(5-6)11(13,14)15)18-10(20)9(19)17-4-3-16/h1-2,5H,4H2,(H,17,19)(H,18,20). The van der Waals surface area contributed by atoms with Gasteiger partial charge in [-0.3, -0.25) is 9.59 Å². The number of hydrogen-bond donors (Lipinski definition) is 2. The number of anilines is 1. The number of carbonyl (C=O) groups excluding carboxylic acids is 2. The molecule has 20 heavy (non-hydrogen) atoms. The van der Waals surface area contributed by atoms with Crippen LogP contribution in [0.4, 0.5) is 18.9 Å². The van der Waals surface area contributed by atoms with Crippen LogP contribution in [0.1, 0.15) is 5.56 Å². The highest BCUT2D eigenvalue weighted by molar-refractivity contribution is 6.39. The lowest BCUT2D eigenvalue weighted by molar-refractivity contribution is -0.138. The predicted octanol–water partition coefficient (Wildman–Crippen LogP) is 1.94. The van der Waals surface area contributed by atoms with Crippen molar-refractivity contribution in [2.75, 3.05) is 11.9 Å². The van der Waals surface area contributed by atoms with Crippen LogP contribution < -0.4 is 10.6 Å². The largest absolute Gasteiger partial charge is 0.418 e. The molecule has 1 aromatic carbocycles. The van der Waals surface area contributed by atoms with E-state index in [2.05, 4.69) is 0 Å². The number of hydrogen-bond acceptors (Lipinski definition) is 3. The van der Waals surface area contributed by atoms with Crippen LogP contribution >= 0.6 is 11.6 Å². The minimum absolute atomic E-state index is 0.163. The Morgan fingerprint density at radius 2 is 1.95 bits per heavy atom. The minimum atomic E-state index is -4.74. The molecule has 2 amide bonds. The number of nitrogens with one attached hydrogen (secondary N) is 2. The molecule has 0 atom stereocenters. The molecule has 0 unspecified atom stereocenters. The Bertz CT molecular complexity index is 581. The third kappa shape index (κ3) is 4.13. The number of carbonyl (C=O) groups is 2. The molecule has 0 saturated heterocycles. The van der Waals surface area contributed by atoms with Crippen molar-refractivity contribution in [1.82, 2.24) is 5.32 Å². The molecule has 0 aromatic heterocycles. The van der Waals surface area contributed by atoms with Gasteiger partial charge in [-0.15, -0.1) is 0 Å². The van der Waals surface area contributed by atoms with E-state index in [1.807, 2.05) is 10.6 Å². The van der Waals surface area contributed by atoms with Crippen LogP contribution in [-0.4, -0.2) is 18.4 Å². The molecule has 106 valence electrons. The van der Waals surface area contributed by atoms with E-state index in [0.717, 1.165) is 12.1 Å². The van der Waals surface area contributed by atoms with Crippen molar-refractivity contribution in [3.8, 4) is 6.07 Å². The summed E-state index contributed by atoms with van der Waals surface area (Å²) in [4.78, 5) is 22.5. The third-order valence-electron chi connectivity index (χ3n) is 2.07. The van der Waals surface area contributed by atoms with Crippen molar-refractivity contribution in [3.05, 3.63) is 28.8 Å². The Balaban J connectivity index is 2.96. The summed E-state index contributed by atoms with van der Waals surface area (Å²) in [6.07, 6.45) is -4.74. The van der Waals surface area contributed by atoms with E-state index < -0.39 is 35.8 Å². The van der Waals surface area contributed by atoms with Gasteiger partial charge >= 0.3 is 18.0 Å². The Kier molecular flexibility index (Phi) is 4.94. The van der Waals surface area contributed by atoms with Gasteiger partial charge in [-0.05, 0) is 18.2 Å². The SMILES string of the molecule is N#CCNC(=O)C(=O)Nc1ccc(Cl)cc1C(F)(F)F. The molecule has 0 saturated carbocycles. The van der Waals surface area contributed by atoms with E-state index in [4.69, 9.17) is 16.9 Å². The molecule has 1 rings (SSSR count). The summed E-state index contributed by atoms with van der Waals surface area (Å²) in [6, 6.07) is 4.25. The Morgan fingerprint density at radius 1 is 1.30 bits per heavy atom. The summed E-state index contributed by atoms with van der Waals surface area (Å²) in [7, 11) is 0. The summed E-state index contributed by atoms with van der Waals surface area (Å²) in [6.45, 7) is -0.432. The van der Waals surface area contributed by atoms with E-state index in [9.17, 15) is 22.8 Å². The maximum absolute atomic E-state index is 12.7. The maximum Gasteiger partial charge on any atom is 0.418 e. The topological polar surface area (TPSA) is 82.0 Å². The Labute approximate surface area is 116 Å². The monoisotopic (exact) mass is 305 g/mol. The van der Waals surface area contributed by atoms with Crippen LogP contribution in [0.5, 0.6) is 0 Å². The van der Waals surface area contributed by atoms with Gasteiger partial charge in [0.2, 0.25) is 0 Å². The van der Waals surface area contributed by atoms with Crippen molar-refractivity contribution in [1.29, 1.82) is 5.26 Å². The van der Waals surface area contributed by atoms with Crippen molar-refractivity contribution in [2.24, 2.45) is 0 Å². The number of halogens is 4. The zero-order valence-electron chi connectivity index (χ0n) is 9.71. The van der Waals surface area contributed by atoms with Crippen molar-refractivity contribution in [3.63, 3.8) is 0 Å². The first-order chi connectivity index (χ1) is 9.25. The van der Waals surface area contributed by atoms with Crippen LogP contribution in [0.2, 0.25) is 5.02 Å². The van der Waals surface area contributed by atoms with Crippen LogP contribution in [0.15, 0.2) is 18.2 Å². The molecule has 0 aliphatic heterocycles. The van der Waals surface area contributed by atoms with Gasteiger partial charge in [0.25, 0.3) is 0 Å². The molecule has 0 bridgehead atoms. The Hall–Kier alpha value is -2.27. The smallest absolute Gasteiger partial charge is 0.335 e. The van der Waals surface area contributed by atoms with Crippen LogP contribution in [-0.2, 0) is 15.8 Å². The molecule has 0 aliphatic carbocycles.